The third-order valence-electron chi connectivity index (χ3n) is 6.93. The second kappa shape index (κ2) is 9.58. The molecule has 2 aliphatic heterocycles. The molecule has 184 valence electrons. The SMILES string of the molecule is CC(C)Nc1cc(-c2ccc3cc(C#N)cnn23)ncc1-c1nnc(C2CCN(C3COC3)CC2)s1. The zero-order valence-corrected chi connectivity index (χ0v) is 21.2. The fourth-order valence-electron chi connectivity index (χ4n) is 4.90. The molecule has 9 nitrogen and oxygen atoms in total. The number of likely N-dealkylation sites (tertiary alicyclic amines) is 1. The highest BCUT2D eigenvalue weighted by atomic mass is 32.1. The molecule has 36 heavy (non-hydrogen) atoms. The Morgan fingerprint density at radius 1 is 1.14 bits per heavy atom. The third-order valence-corrected chi connectivity index (χ3v) is 8.05. The number of nitrogens with one attached hydrogen (secondary N) is 1. The summed E-state index contributed by atoms with van der Waals surface area (Å²) in [5.41, 5.74) is 5.00. The van der Waals surface area contributed by atoms with E-state index in [1.165, 1.54) is 0 Å². The Balaban J connectivity index is 1.27. The van der Waals surface area contributed by atoms with Crippen molar-refractivity contribution in [3.63, 3.8) is 0 Å². The maximum atomic E-state index is 9.17. The first-order valence-electron chi connectivity index (χ1n) is 12.4. The van der Waals surface area contributed by atoms with Crippen LogP contribution in [-0.2, 0) is 4.74 Å². The molecule has 0 radical (unpaired) electrons. The molecule has 0 aliphatic carbocycles. The van der Waals surface area contributed by atoms with Crippen LogP contribution in [0.4, 0.5) is 5.69 Å². The van der Waals surface area contributed by atoms with Crippen LogP contribution in [0.25, 0.3) is 27.5 Å². The molecule has 2 saturated heterocycles. The summed E-state index contributed by atoms with van der Waals surface area (Å²) in [5, 5.41) is 28.4. The van der Waals surface area contributed by atoms with E-state index in [1.807, 2.05) is 28.9 Å². The average molecular weight is 501 g/mol. The van der Waals surface area contributed by atoms with Crippen LogP contribution >= 0.6 is 11.3 Å². The quantitative estimate of drug-likeness (QED) is 0.420. The molecular formula is C26H28N8OS. The number of piperidine rings is 1. The summed E-state index contributed by atoms with van der Waals surface area (Å²) in [4.78, 5) is 7.33. The minimum Gasteiger partial charge on any atom is -0.382 e. The molecule has 4 aromatic rings. The summed E-state index contributed by atoms with van der Waals surface area (Å²) in [7, 11) is 0. The molecule has 6 rings (SSSR count). The first-order valence-corrected chi connectivity index (χ1v) is 13.2. The van der Waals surface area contributed by atoms with Gasteiger partial charge in [0.15, 0.2) is 5.01 Å². The van der Waals surface area contributed by atoms with Gasteiger partial charge in [-0.15, -0.1) is 10.2 Å². The van der Waals surface area contributed by atoms with Crippen LogP contribution in [0.1, 0.15) is 43.2 Å². The Labute approximate surface area is 213 Å². The Kier molecular flexibility index (Phi) is 6.13. The number of rotatable bonds is 6. The van der Waals surface area contributed by atoms with Crippen molar-refractivity contribution in [3.8, 4) is 28.0 Å². The Bertz CT molecular complexity index is 1430. The van der Waals surface area contributed by atoms with Gasteiger partial charge in [-0.05, 0) is 64.0 Å². The van der Waals surface area contributed by atoms with Gasteiger partial charge in [0.2, 0.25) is 0 Å². The maximum absolute atomic E-state index is 9.17. The van der Waals surface area contributed by atoms with Crippen LogP contribution in [-0.4, -0.2) is 68.1 Å². The van der Waals surface area contributed by atoms with Crippen molar-refractivity contribution in [2.24, 2.45) is 0 Å². The zero-order chi connectivity index (χ0) is 24.6. The van der Waals surface area contributed by atoms with E-state index < -0.39 is 0 Å². The fourth-order valence-corrected chi connectivity index (χ4v) is 5.94. The van der Waals surface area contributed by atoms with Crippen LogP contribution in [0.5, 0.6) is 0 Å². The number of aromatic nitrogens is 5. The van der Waals surface area contributed by atoms with Gasteiger partial charge >= 0.3 is 0 Å². The van der Waals surface area contributed by atoms with Crippen LogP contribution in [0, 0.1) is 11.3 Å². The molecule has 0 atom stereocenters. The second-order valence-electron chi connectivity index (χ2n) is 9.77. The molecule has 1 N–H and O–H groups in total. The van der Waals surface area contributed by atoms with Crippen LogP contribution in [0.15, 0.2) is 36.7 Å². The summed E-state index contributed by atoms with van der Waals surface area (Å²) >= 11 is 1.68. The van der Waals surface area contributed by atoms with Crippen molar-refractivity contribution in [1.82, 2.24) is 29.7 Å². The number of anilines is 1. The first-order chi connectivity index (χ1) is 17.6. The summed E-state index contributed by atoms with van der Waals surface area (Å²) < 4.78 is 7.18. The van der Waals surface area contributed by atoms with Gasteiger partial charge in [-0.3, -0.25) is 9.88 Å². The van der Waals surface area contributed by atoms with E-state index in [1.54, 1.807) is 17.5 Å². The normalized spacial score (nSPS) is 17.4. The van der Waals surface area contributed by atoms with Crippen molar-refractivity contribution in [3.05, 3.63) is 47.2 Å². The number of nitrogens with zero attached hydrogens (tertiary/aromatic N) is 7. The van der Waals surface area contributed by atoms with Crippen molar-refractivity contribution < 1.29 is 4.74 Å². The molecule has 0 bridgehead atoms. The molecule has 0 amide bonds. The maximum Gasteiger partial charge on any atom is 0.151 e. The van der Waals surface area contributed by atoms with E-state index in [4.69, 9.17) is 9.72 Å². The number of nitriles is 1. The van der Waals surface area contributed by atoms with E-state index in [-0.39, 0.29) is 6.04 Å². The number of hydrogen-bond donors (Lipinski definition) is 1. The largest absolute Gasteiger partial charge is 0.382 e. The highest BCUT2D eigenvalue weighted by Gasteiger charge is 2.31. The van der Waals surface area contributed by atoms with Gasteiger partial charge in [0.25, 0.3) is 0 Å². The van der Waals surface area contributed by atoms with Gasteiger partial charge in [0, 0.05) is 23.8 Å². The first kappa shape index (κ1) is 23.0. The number of ether oxygens (including phenoxy) is 1. The molecule has 0 aromatic carbocycles. The van der Waals surface area contributed by atoms with Gasteiger partial charge in [-0.1, -0.05) is 11.3 Å². The number of fused-ring (bicyclic) bond motifs is 1. The van der Waals surface area contributed by atoms with Crippen molar-refractivity contribution in [2.75, 3.05) is 31.6 Å². The lowest BCUT2D eigenvalue weighted by molar-refractivity contribution is -0.0712. The molecule has 0 spiro atoms. The second-order valence-corrected chi connectivity index (χ2v) is 10.8. The van der Waals surface area contributed by atoms with Gasteiger partial charge in [-0.25, -0.2) is 4.52 Å². The van der Waals surface area contributed by atoms with E-state index in [0.29, 0.717) is 17.5 Å². The lowest BCUT2D eigenvalue weighted by atomic mass is 9.96. The van der Waals surface area contributed by atoms with E-state index in [0.717, 1.165) is 77.3 Å². The number of pyridine rings is 1. The Morgan fingerprint density at radius 3 is 2.69 bits per heavy atom. The molecule has 4 aromatic heterocycles. The van der Waals surface area contributed by atoms with E-state index in [2.05, 4.69) is 51.5 Å². The highest BCUT2D eigenvalue weighted by Crippen LogP contribution is 2.37. The van der Waals surface area contributed by atoms with E-state index >= 15 is 0 Å². The molecule has 0 saturated carbocycles. The topological polar surface area (TPSA) is 104 Å². The summed E-state index contributed by atoms with van der Waals surface area (Å²) in [6, 6.07) is 10.8. The standard InChI is InChI=1S/C26H28N8OS/c1-16(2)30-22-10-23(24-4-3-19-9-17(11-27)12-29-34(19)24)28-13-21(22)26-32-31-25(36-26)18-5-7-33(8-6-18)20-14-35-15-20/h3-4,9-10,12-13,16,18,20H,5-8,14-15H2,1-2H3,(H,28,30). The number of hydrogen-bond acceptors (Lipinski definition) is 9. The van der Waals surface area contributed by atoms with Crippen LogP contribution in [0.2, 0.25) is 0 Å². The van der Waals surface area contributed by atoms with E-state index in [9.17, 15) is 5.26 Å². The monoisotopic (exact) mass is 500 g/mol. The van der Waals surface area contributed by atoms with Gasteiger partial charge in [0.1, 0.15) is 11.1 Å². The Morgan fingerprint density at radius 2 is 1.97 bits per heavy atom. The molecule has 6 heterocycles. The minimum atomic E-state index is 0.242. The molecular weight excluding hydrogens is 472 g/mol. The van der Waals surface area contributed by atoms with Gasteiger partial charge < -0.3 is 10.1 Å². The zero-order valence-electron chi connectivity index (χ0n) is 20.4. The van der Waals surface area contributed by atoms with Crippen molar-refractivity contribution in [1.29, 1.82) is 5.26 Å². The van der Waals surface area contributed by atoms with Crippen LogP contribution in [0.3, 0.4) is 0 Å². The lowest BCUT2D eigenvalue weighted by Crippen LogP contribution is -2.51. The summed E-state index contributed by atoms with van der Waals surface area (Å²) in [6.45, 7) is 8.18. The lowest BCUT2D eigenvalue weighted by Gasteiger charge is -2.41. The van der Waals surface area contributed by atoms with Crippen molar-refractivity contribution in [2.45, 2.75) is 44.7 Å². The smallest absolute Gasteiger partial charge is 0.151 e. The Hall–Kier alpha value is -3.39. The predicted molar refractivity (Wildman–Crippen MR) is 139 cm³/mol. The minimum absolute atomic E-state index is 0.242. The molecule has 2 aliphatic rings. The molecule has 2 fully saturated rings. The van der Waals surface area contributed by atoms with Crippen molar-refractivity contribution >= 4 is 22.5 Å². The van der Waals surface area contributed by atoms with Gasteiger partial charge in [0.05, 0.1) is 53.5 Å². The molecule has 0 unspecified atom stereocenters. The van der Waals surface area contributed by atoms with Gasteiger partial charge in [-0.2, -0.15) is 10.4 Å². The highest BCUT2D eigenvalue weighted by molar-refractivity contribution is 7.14. The summed E-state index contributed by atoms with van der Waals surface area (Å²) in [5.74, 6) is 0.457. The van der Waals surface area contributed by atoms with Crippen LogP contribution < -0.4 is 5.32 Å². The average Bonchev–Trinajstić information content (AvgIpc) is 3.50. The third kappa shape index (κ3) is 4.34. The summed E-state index contributed by atoms with van der Waals surface area (Å²) in [6.07, 6.45) is 5.68. The predicted octanol–water partition coefficient (Wildman–Crippen LogP) is 4.18. The fraction of sp³-hybridized carbons (Fsp3) is 0.423. The molecule has 10 heteroatoms.